The van der Waals surface area contributed by atoms with Crippen molar-refractivity contribution in [2.45, 2.75) is 90.5 Å². The maximum atomic E-state index is 12.3. The van der Waals surface area contributed by atoms with Crippen molar-refractivity contribution in [1.29, 1.82) is 0 Å². The Morgan fingerprint density at radius 1 is 0.695 bits per heavy atom. The number of alkyl carbamates (subject to hydrolysis) is 2. The first-order chi connectivity index (χ1) is 27.6. The van der Waals surface area contributed by atoms with Gasteiger partial charge in [0.2, 0.25) is 11.6 Å². The highest BCUT2D eigenvalue weighted by molar-refractivity contribution is 5.90. The van der Waals surface area contributed by atoms with Crippen molar-refractivity contribution in [1.82, 2.24) is 34.8 Å². The molecule has 17 nitrogen and oxygen atoms in total. The number of carboxylic acids is 1. The number of aromatic carboxylic acids is 1. The molecule has 0 fully saturated rings. The van der Waals surface area contributed by atoms with E-state index in [0.717, 1.165) is 27.3 Å². The van der Waals surface area contributed by atoms with Gasteiger partial charge in [-0.05, 0) is 78.4 Å². The van der Waals surface area contributed by atoms with Gasteiger partial charge in [-0.15, -0.1) is 0 Å². The number of carboxylic acid groups (broad SMARTS) is 1. The Morgan fingerprint density at radius 2 is 1.07 bits per heavy atom. The monoisotopic (exact) mass is 821 g/mol. The van der Waals surface area contributed by atoms with Crippen molar-refractivity contribution in [2.24, 2.45) is 14.1 Å². The number of hydrogen-bond acceptors (Lipinski definition) is 11. The van der Waals surface area contributed by atoms with Crippen molar-refractivity contribution < 1.29 is 48.8 Å². The fraction of sp³-hybridized carbons (Fsp3) is 0.476. The highest BCUT2D eigenvalue weighted by Crippen LogP contribution is 2.22. The van der Waals surface area contributed by atoms with E-state index in [2.05, 4.69) is 20.6 Å². The second-order valence-electron chi connectivity index (χ2n) is 15.9. The maximum Gasteiger partial charge on any atom is 0.407 e. The third-order valence-electron chi connectivity index (χ3n) is 8.56. The highest BCUT2D eigenvalue weighted by Gasteiger charge is 2.22. The molecule has 59 heavy (non-hydrogen) atoms. The third kappa shape index (κ3) is 15.5. The van der Waals surface area contributed by atoms with Gasteiger partial charge in [0.05, 0.1) is 18.5 Å². The lowest BCUT2D eigenvalue weighted by Crippen LogP contribution is -2.40. The molecular weight excluding hydrogens is 763 g/mol. The first-order valence-electron chi connectivity index (χ1n) is 19.1. The number of nitrogens with zero attached hydrogens (tertiary/aromatic N) is 5. The number of hydroxylamine groups is 2. The summed E-state index contributed by atoms with van der Waals surface area (Å²) in [6.07, 6.45) is 4.32. The van der Waals surface area contributed by atoms with E-state index in [4.69, 9.17) is 19.4 Å². The molecule has 2 aromatic heterocycles. The first kappa shape index (κ1) is 47.6. The molecule has 3 amide bonds. The minimum absolute atomic E-state index is 0.0244. The largest absolute Gasteiger partial charge is 0.475 e. The SMILES string of the molecule is CON(C)C(=O)c1nc(-c2ccc(C[C@H](CCO)NC(=O)OC(C)(C)C)cc2)cn1C.Cn1cc(-c2ccc(C[C@H](CCO)NC(=O)OC(C)(C)C)cc2)nc1C(=O)O. The van der Waals surface area contributed by atoms with E-state index in [9.17, 15) is 29.4 Å². The van der Waals surface area contributed by atoms with Gasteiger partial charge < -0.3 is 44.6 Å². The topological polar surface area (TPSA) is 220 Å². The molecule has 0 aliphatic rings. The van der Waals surface area contributed by atoms with Crippen LogP contribution in [0.15, 0.2) is 60.9 Å². The van der Waals surface area contributed by atoms with Crippen molar-refractivity contribution in [3.63, 3.8) is 0 Å². The number of rotatable bonds is 15. The van der Waals surface area contributed by atoms with Crippen molar-refractivity contribution in [3.8, 4) is 22.5 Å². The van der Waals surface area contributed by atoms with E-state index in [-0.39, 0.29) is 42.9 Å². The number of aromatic nitrogens is 4. The second kappa shape index (κ2) is 21.3. The maximum absolute atomic E-state index is 12.3. The normalized spacial score (nSPS) is 12.4. The van der Waals surface area contributed by atoms with Crippen LogP contribution in [0.5, 0.6) is 0 Å². The third-order valence-corrected chi connectivity index (χ3v) is 8.56. The molecule has 0 aliphatic carbocycles. The summed E-state index contributed by atoms with van der Waals surface area (Å²) in [6, 6.07) is 14.7. The van der Waals surface area contributed by atoms with Gasteiger partial charge in [0, 0.05) is 70.0 Å². The summed E-state index contributed by atoms with van der Waals surface area (Å²) in [5.41, 5.74) is 3.68. The number of hydrogen-bond donors (Lipinski definition) is 5. The Balaban J connectivity index is 0.000000317. The average Bonchev–Trinajstić information content (AvgIpc) is 3.73. The van der Waals surface area contributed by atoms with E-state index in [1.165, 1.54) is 18.7 Å². The molecule has 4 rings (SSSR count). The quantitative estimate of drug-likeness (QED) is 0.0985. The number of aliphatic hydroxyl groups excluding tert-OH is 2. The Bertz CT molecular complexity index is 2000. The number of carbonyl (C=O) groups is 4. The van der Waals surface area contributed by atoms with Gasteiger partial charge in [0.15, 0.2) is 0 Å². The number of imidazole rings is 2. The zero-order valence-electron chi connectivity index (χ0n) is 35.6. The fourth-order valence-electron chi connectivity index (χ4n) is 5.73. The average molecular weight is 822 g/mol. The van der Waals surface area contributed by atoms with Gasteiger partial charge in [-0.3, -0.25) is 9.63 Å². The Kier molecular flexibility index (Phi) is 17.2. The number of benzene rings is 2. The summed E-state index contributed by atoms with van der Waals surface area (Å²) in [5.74, 6) is -1.17. The number of carbonyl (C=O) groups excluding carboxylic acids is 3. The molecule has 2 aromatic carbocycles. The number of nitrogens with one attached hydrogen (secondary N) is 2. The van der Waals surface area contributed by atoms with Gasteiger partial charge in [-0.2, -0.15) is 0 Å². The molecule has 322 valence electrons. The first-order valence-corrected chi connectivity index (χ1v) is 19.1. The molecule has 0 aliphatic heterocycles. The van der Waals surface area contributed by atoms with E-state index in [1.54, 1.807) is 72.6 Å². The minimum atomic E-state index is -1.08. The predicted octanol–water partition coefficient (Wildman–Crippen LogP) is 5.14. The summed E-state index contributed by atoms with van der Waals surface area (Å²) >= 11 is 0. The summed E-state index contributed by atoms with van der Waals surface area (Å²) < 4.78 is 13.7. The molecule has 4 aromatic rings. The van der Waals surface area contributed by atoms with Crippen molar-refractivity contribution in [2.75, 3.05) is 27.4 Å². The van der Waals surface area contributed by atoms with Gasteiger partial charge in [0.1, 0.15) is 11.2 Å². The van der Waals surface area contributed by atoms with Crippen molar-refractivity contribution in [3.05, 3.63) is 83.7 Å². The predicted molar refractivity (Wildman–Crippen MR) is 220 cm³/mol. The van der Waals surface area contributed by atoms with Crippen molar-refractivity contribution >= 4 is 24.1 Å². The minimum Gasteiger partial charge on any atom is -0.475 e. The lowest BCUT2D eigenvalue weighted by molar-refractivity contribution is -0.0766. The highest BCUT2D eigenvalue weighted by atomic mass is 16.7. The molecular formula is C42H59N7O10. The van der Waals surface area contributed by atoms with Crippen LogP contribution in [0.3, 0.4) is 0 Å². The van der Waals surface area contributed by atoms with E-state index in [1.807, 2.05) is 48.5 Å². The molecule has 0 saturated heterocycles. The second-order valence-corrected chi connectivity index (χ2v) is 15.9. The molecule has 0 spiro atoms. The van der Waals surface area contributed by atoms with Crippen LogP contribution in [0.4, 0.5) is 9.59 Å². The fourth-order valence-corrected chi connectivity index (χ4v) is 5.73. The Labute approximate surface area is 345 Å². The van der Waals surface area contributed by atoms with Crippen LogP contribution in [0.2, 0.25) is 0 Å². The molecule has 0 saturated carbocycles. The number of aliphatic hydroxyl groups is 2. The summed E-state index contributed by atoms with van der Waals surface area (Å²) in [4.78, 5) is 61.0. The smallest absolute Gasteiger partial charge is 0.407 e. The zero-order valence-corrected chi connectivity index (χ0v) is 35.6. The number of amides is 3. The van der Waals surface area contributed by atoms with Crippen LogP contribution in [0.25, 0.3) is 22.5 Å². The van der Waals surface area contributed by atoms with E-state index < -0.39 is 29.4 Å². The van der Waals surface area contributed by atoms with Crippen LogP contribution in [-0.4, -0.2) is 114 Å². The van der Waals surface area contributed by atoms with Crippen LogP contribution in [0.1, 0.15) is 86.7 Å². The van der Waals surface area contributed by atoms with Crippen LogP contribution in [-0.2, 0) is 41.2 Å². The Hall–Kier alpha value is -5.78. The lowest BCUT2D eigenvalue weighted by Gasteiger charge is -2.23. The molecule has 5 N–H and O–H groups in total. The molecule has 2 atom stereocenters. The summed E-state index contributed by atoms with van der Waals surface area (Å²) in [6.45, 7) is 10.7. The molecule has 2 heterocycles. The van der Waals surface area contributed by atoms with Gasteiger partial charge in [0.25, 0.3) is 0 Å². The molecule has 0 bridgehead atoms. The summed E-state index contributed by atoms with van der Waals surface area (Å²) in [7, 11) is 6.33. The van der Waals surface area contributed by atoms with E-state index >= 15 is 0 Å². The standard InChI is InChI=1S/C22H32N4O5.C20H27N3O5/c1-22(2,3)31-21(29)23-17(11-12-27)13-15-7-9-16(10-8-15)18-14-25(4)19(24-18)20(28)26(5)30-6;1-20(2,3)28-19(27)21-15(9-10-24)11-13-5-7-14(8-6-13)16-12-23(4)17(22-16)18(25)26/h7-10,14,17,27H,11-13H2,1-6H3,(H,23,29);5-8,12,15,24H,9-11H2,1-4H3,(H,21,27)(H,25,26)/t17-;15-/m00/s1. The lowest BCUT2D eigenvalue weighted by atomic mass is 10.0. The van der Waals surface area contributed by atoms with Gasteiger partial charge in [-0.25, -0.2) is 29.4 Å². The van der Waals surface area contributed by atoms with Crippen LogP contribution in [0, 0.1) is 0 Å². The molecule has 17 heteroatoms. The number of aryl methyl sites for hydroxylation is 2. The van der Waals surface area contributed by atoms with Crippen LogP contribution >= 0.6 is 0 Å². The zero-order chi connectivity index (χ0) is 44.1. The van der Waals surface area contributed by atoms with Gasteiger partial charge >= 0.3 is 24.1 Å². The molecule has 0 radical (unpaired) electrons. The van der Waals surface area contributed by atoms with E-state index in [0.29, 0.717) is 37.1 Å². The van der Waals surface area contributed by atoms with Gasteiger partial charge in [-0.1, -0.05) is 48.5 Å². The Morgan fingerprint density at radius 3 is 1.39 bits per heavy atom. The number of ether oxygens (including phenoxy) is 2. The summed E-state index contributed by atoms with van der Waals surface area (Å²) in [5, 5.41) is 34.5. The van der Waals surface area contributed by atoms with Crippen LogP contribution < -0.4 is 10.6 Å². The molecule has 0 unspecified atom stereocenters.